The molecule has 2 aromatic heterocycles. The van der Waals surface area contributed by atoms with Crippen molar-refractivity contribution in [3.8, 4) is 0 Å². The molecular formula is C15H15ClN4OS. The Hall–Kier alpha value is -1.92. The van der Waals surface area contributed by atoms with Crippen LogP contribution in [-0.2, 0) is 13.6 Å². The van der Waals surface area contributed by atoms with Crippen molar-refractivity contribution in [1.82, 2.24) is 14.3 Å². The van der Waals surface area contributed by atoms with Crippen molar-refractivity contribution in [2.24, 2.45) is 12.0 Å². The number of fused-ring (bicyclic) bond motifs is 1. The van der Waals surface area contributed by atoms with Gasteiger partial charge in [-0.15, -0.1) is 0 Å². The lowest BCUT2D eigenvalue weighted by molar-refractivity contribution is 0.0992. The summed E-state index contributed by atoms with van der Waals surface area (Å²) in [5.41, 5.74) is 2.31. The van der Waals surface area contributed by atoms with Crippen molar-refractivity contribution in [2.75, 3.05) is 0 Å². The second-order valence-electron chi connectivity index (χ2n) is 4.95. The number of benzene rings is 1. The monoisotopic (exact) mass is 334 g/mol. The van der Waals surface area contributed by atoms with Crippen molar-refractivity contribution in [3.63, 3.8) is 0 Å². The van der Waals surface area contributed by atoms with E-state index < -0.39 is 0 Å². The van der Waals surface area contributed by atoms with E-state index in [9.17, 15) is 4.79 Å². The molecule has 0 N–H and O–H groups in total. The van der Waals surface area contributed by atoms with Crippen LogP contribution in [0.25, 0.3) is 10.2 Å². The van der Waals surface area contributed by atoms with Gasteiger partial charge in [0.15, 0.2) is 10.5 Å². The fourth-order valence-corrected chi connectivity index (χ4v) is 3.62. The molecule has 0 saturated carbocycles. The largest absolute Gasteiger partial charge is 0.317 e. The molecule has 3 aromatic rings. The molecule has 7 heteroatoms. The highest BCUT2D eigenvalue weighted by molar-refractivity contribution is 7.16. The molecule has 0 saturated heterocycles. The Balaban J connectivity index is 2.14. The van der Waals surface area contributed by atoms with E-state index in [0.29, 0.717) is 15.5 Å². The van der Waals surface area contributed by atoms with E-state index >= 15 is 0 Å². The Bertz CT molecular complexity index is 915. The maximum atomic E-state index is 12.3. The minimum atomic E-state index is -0.330. The molecule has 5 nitrogen and oxygen atoms in total. The zero-order valence-corrected chi connectivity index (χ0v) is 14.1. The molecule has 0 bridgehead atoms. The lowest BCUT2D eigenvalue weighted by atomic mass is 10.3. The molecule has 0 aliphatic carbocycles. The Morgan fingerprint density at radius 1 is 1.41 bits per heavy atom. The average Bonchev–Trinajstić information content (AvgIpc) is 2.98. The summed E-state index contributed by atoms with van der Waals surface area (Å²) in [6, 6.07) is 7.43. The normalized spacial score (nSPS) is 12.3. The van der Waals surface area contributed by atoms with E-state index in [1.807, 2.05) is 36.6 Å². The fourth-order valence-electron chi connectivity index (χ4n) is 2.25. The minimum absolute atomic E-state index is 0.330. The van der Waals surface area contributed by atoms with Crippen molar-refractivity contribution in [1.29, 1.82) is 0 Å². The first-order chi connectivity index (χ1) is 10.5. The summed E-state index contributed by atoms with van der Waals surface area (Å²) < 4.78 is 4.68. The van der Waals surface area contributed by atoms with E-state index in [2.05, 4.69) is 10.1 Å². The molecular weight excluding hydrogens is 320 g/mol. The topological polar surface area (TPSA) is 52.2 Å². The number of hydrogen-bond donors (Lipinski definition) is 0. The van der Waals surface area contributed by atoms with Crippen LogP contribution in [-0.4, -0.2) is 20.3 Å². The summed E-state index contributed by atoms with van der Waals surface area (Å²) in [5, 5.41) is 4.85. The highest BCUT2D eigenvalue weighted by atomic mass is 35.5. The number of carbonyl (C=O) groups excluding carboxylic acids is 1. The van der Waals surface area contributed by atoms with Gasteiger partial charge in [-0.3, -0.25) is 9.48 Å². The zero-order valence-electron chi connectivity index (χ0n) is 12.5. The van der Waals surface area contributed by atoms with Gasteiger partial charge >= 0.3 is 0 Å². The van der Waals surface area contributed by atoms with E-state index in [4.69, 9.17) is 11.6 Å². The summed E-state index contributed by atoms with van der Waals surface area (Å²) in [5.74, 6) is -0.330. The minimum Gasteiger partial charge on any atom is -0.317 e. The summed E-state index contributed by atoms with van der Waals surface area (Å²) in [4.78, 5) is 17.2. The van der Waals surface area contributed by atoms with Crippen LogP contribution in [0.15, 0.2) is 29.3 Å². The number of aryl methyl sites for hydroxylation is 3. The molecule has 22 heavy (non-hydrogen) atoms. The number of aromatic nitrogens is 3. The zero-order chi connectivity index (χ0) is 15.9. The lowest BCUT2D eigenvalue weighted by Gasteiger charge is -1.99. The predicted octanol–water partition coefficient (Wildman–Crippen LogP) is 3.16. The van der Waals surface area contributed by atoms with Crippen LogP contribution in [0, 0.1) is 6.92 Å². The van der Waals surface area contributed by atoms with Gasteiger partial charge in [-0.25, -0.2) is 0 Å². The Morgan fingerprint density at radius 3 is 2.82 bits per heavy atom. The highest BCUT2D eigenvalue weighted by Gasteiger charge is 2.12. The van der Waals surface area contributed by atoms with Crippen molar-refractivity contribution in [2.45, 2.75) is 20.4 Å². The number of carbonyl (C=O) groups is 1. The van der Waals surface area contributed by atoms with Gasteiger partial charge in [0, 0.05) is 24.3 Å². The molecule has 0 unspecified atom stereocenters. The first-order valence-corrected chi connectivity index (χ1v) is 8.07. The van der Waals surface area contributed by atoms with E-state index in [1.165, 1.54) is 11.3 Å². The third-order valence-electron chi connectivity index (χ3n) is 3.49. The summed E-state index contributed by atoms with van der Waals surface area (Å²) in [7, 11) is 1.81. The molecule has 0 radical (unpaired) electrons. The van der Waals surface area contributed by atoms with Crippen LogP contribution < -0.4 is 4.80 Å². The molecule has 3 rings (SSSR count). The second kappa shape index (κ2) is 5.70. The number of thiazole rings is 1. The fraction of sp³-hybridized carbons (Fsp3) is 0.267. The molecule has 1 amide bonds. The standard InChI is InChI=1S/C15H15ClN4OS/c1-4-20-12-6-5-10(16)8-13(12)22-15(20)17-14(21)11-7-9(2)19(3)18-11/h5-8H,4H2,1-3H3. The van der Waals surface area contributed by atoms with E-state index in [0.717, 1.165) is 22.5 Å². The van der Waals surface area contributed by atoms with Gasteiger partial charge in [0.25, 0.3) is 5.91 Å². The van der Waals surface area contributed by atoms with Gasteiger partial charge in [-0.1, -0.05) is 22.9 Å². The number of amides is 1. The molecule has 2 heterocycles. The molecule has 0 atom stereocenters. The van der Waals surface area contributed by atoms with Gasteiger partial charge in [-0.05, 0) is 38.1 Å². The lowest BCUT2D eigenvalue weighted by Crippen LogP contribution is -2.16. The predicted molar refractivity (Wildman–Crippen MR) is 88.3 cm³/mol. The van der Waals surface area contributed by atoms with Crippen molar-refractivity contribution >= 4 is 39.1 Å². The van der Waals surface area contributed by atoms with Gasteiger partial charge in [0.2, 0.25) is 0 Å². The molecule has 0 spiro atoms. The summed E-state index contributed by atoms with van der Waals surface area (Å²) in [6.07, 6.45) is 0. The summed E-state index contributed by atoms with van der Waals surface area (Å²) >= 11 is 7.49. The first-order valence-electron chi connectivity index (χ1n) is 6.88. The van der Waals surface area contributed by atoms with Gasteiger partial charge in [-0.2, -0.15) is 10.1 Å². The third-order valence-corrected chi connectivity index (χ3v) is 4.77. The Kier molecular flexibility index (Phi) is 3.88. The average molecular weight is 335 g/mol. The van der Waals surface area contributed by atoms with Crippen LogP contribution in [0.3, 0.4) is 0 Å². The maximum absolute atomic E-state index is 12.3. The quantitative estimate of drug-likeness (QED) is 0.723. The molecule has 1 aromatic carbocycles. The number of halogens is 1. The van der Waals surface area contributed by atoms with Crippen LogP contribution in [0.1, 0.15) is 23.1 Å². The van der Waals surface area contributed by atoms with Gasteiger partial charge in [0.1, 0.15) is 0 Å². The van der Waals surface area contributed by atoms with Crippen molar-refractivity contribution < 1.29 is 4.79 Å². The molecule has 114 valence electrons. The Morgan fingerprint density at radius 2 is 2.18 bits per heavy atom. The maximum Gasteiger partial charge on any atom is 0.300 e. The van der Waals surface area contributed by atoms with Crippen LogP contribution in [0.5, 0.6) is 0 Å². The van der Waals surface area contributed by atoms with Crippen LogP contribution >= 0.6 is 22.9 Å². The number of nitrogens with zero attached hydrogens (tertiary/aromatic N) is 4. The SMILES string of the molecule is CCn1c(=NC(=O)c2cc(C)n(C)n2)sc2cc(Cl)ccc21. The van der Waals surface area contributed by atoms with Gasteiger partial charge in [0.05, 0.1) is 10.2 Å². The summed E-state index contributed by atoms with van der Waals surface area (Å²) in [6.45, 7) is 4.65. The Labute approximate surface area is 136 Å². The molecule has 0 aliphatic rings. The smallest absolute Gasteiger partial charge is 0.300 e. The third kappa shape index (κ3) is 2.60. The van der Waals surface area contributed by atoms with Crippen molar-refractivity contribution in [3.05, 3.63) is 45.5 Å². The van der Waals surface area contributed by atoms with E-state index in [1.54, 1.807) is 17.8 Å². The molecule has 0 aliphatic heterocycles. The number of rotatable bonds is 2. The van der Waals surface area contributed by atoms with E-state index in [-0.39, 0.29) is 5.91 Å². The van der Waals surface area contributed by atoms with Crippen LogP contribution in [0.4, 0.5) is 0 Å². The molecule has 0 fully saturated rings. The highest BCUT2D eigenvalue weighted by Crippen LogP contribution is 2.21. The van der Waals surface area contributed by atoms with Crippen LogP contribution in [0.2, 0.25) is 5.02 Å². The number of hydrogen-bond acceptors (Lipinski definition) is 3. The second-order valence-corrected chi connectivity index (χ2v) is 6.40. The first kappa shape index (κ1) is 15.0. The van der Waals surface area contributed by atoms with Gasteiger partial charge < -0.3 is 4.57 Å².